The summed E-state index contributed by atoms with van der Waals surface area (Å²) in [5, 5.41) is 10.7. The Hall–Kier alpha value is -2.96. The number of benzene rings is 2. The molecule has 3 aromatic rings. The highest BCUT2D eigenvalue weighted by Gasteiger charge is 2.19. The molecule has 0 spiro atoms. The standard InChI is InChI=1S/C20H20N4O5S3/c1-12-7-9-14(10-8-12)32(27,28)24-16-6-4-5-15(13(16)2)18(26)21-19-22-23-20(31-19)30-11-17(25)29-3/h4-10,24H,11H2,1-3H3,(H,21,22,26). The Kier molecular flexibility index (Phi) is 7.48. The predicted octanol–water partition coefficient (Wildman–Crippen LogP) is 3.47. The van der Waals surface area contributed by atoms with Crippen LogP contribution >= 0.6 is 23.1 Å². The molecule has 1 aromatic heterocycles. The smallest absolute Gasteiger partial charge is 0.316 e. The molecule has 0 saturated heterocycles. The molecule has 9 nitrogen and oxygen atoms in total. The summed E-state index contributed by atoms with van der Waals surface area (Å²) in [7, 11) is -2.51. The molecule has 0 aliphatic heterocycles. The van der Waals surface area contributed by atoms with Gasteiger partial charge < -0.3 is 4.74 Å². The van der Waals surface area contributed by atoms with Crippen LogP contribution in [0.4, 0.5) is 10.8 Å². The maximum atomic E-state index is 12.8. The number of carbonyl (C=O) groups excluding carboxylic acids is 2. The van der Waals surface area contributed by atoms with Crippen LogP contribution in [0.25, 0.3) is 0 Å². The van der Waals surface area contributed by atoms with Crippen molar-refractivity contribution < 1.29 is 22.7 Å². The minimum atomic E-state index is -3.81. The van der Waals surface area contributed by atoms with Gasteiger partial charge >= 0.3 is 5.97 Å². The van der Waals surface area contributed by atoms with E-state index in [1.807, 2.05) is 6.92 Å². The first-order valence-electron chi connectivity index (χ1n) is 9.23. The summed E-state index contributed by atoms with van der Waals surface area (Å²) in [6.45, 7) is 3.52. The molecule has 12 heteroatoms. The number of ether oxygens (including phenoxy) is 1. The van der Waals surface area contributed by atoms with Crippen molar-refractivity contribution in [1.82, 2.24) is 10.2 Å². The van der Waals surface area contributed by atoms with Crippen LogP contribution in [0.5, 0.6) is 0 Å². The molecule has 0 fully saturated rings. The average Bonchev–Trinajstić information content (AvgIpc) is 3.20. The van der Waals surface area contributed by atoms with Crippen LogP contribution in [0.3, 0.4) is 0 Å². The summed E-state index contributed by atoms with van der Waals surface area (Å²) in [5.41, 5.74) is 1.99. The number of esters is 1. The Morgan fingerprint density at radius 2 is 1.81 bits per heavy atom. The van der Waals surface area contributed by atoms with E-state index in [0.717, 1.165) is 28.7 Å². The molecule has 1 amide bonds. The topological polar surface area (TPSA) is 127 Å². The van der Waals surface area contributed by atoms with Gasteiger partial charge in [0.25, 0.3) is 15.9 Å². The molecule has 0 aliphatic carbocycles. The number of nitrogens with one attached hydrogen (secondary N) is 2. The summed E-state index contributed by atoms with van der Waals surface area (Å²) < 4.78 is 33.0. The average molecular weight is 493 g/mol. The SMILES string of the molecule is COC(=O)CSc1nnc(NC(=O)c2cccc(NS(=O)(=O)c3ccc(C)cc3)c2C)s1. The number of anilines is 2. The van der Waals surface area contributed by atoms with Crippen LogP contribution in [-0.2, 0) is 19.6 Å². The van der Waals surface area contributed by atoms with Crippen LogP contribution in [0.15, 0.2) is 51.7 Å². The minimum Gasteiger partial charge on any atom is -0.468 e. The van der Waals surface area contributed by atoms with E-state index in [1.54, 1.807) is 37.3 Å². The maximum Gasteiger partial charge on any atom is 0.316 e. The number of rotatable bonds is 8. The Balaban J connectivity index is 1.73. The zero-order valence-electron chi connectivity index (χ0n) is 17.4. The van der Waals surface area contributed by atoms with Crippen molar-refractivity contribution in [2.75, 3.05) is 22.9 Å². The Labute approximate surface area is 193 Å². The second-order valence-corrected chi connectivity index (χ2v) is 10.5. The predicted molar refractivity (Wildman–Crippen MR) is 124 cm³/mol. The molecule has 0 radical (unpaired) electrons. The van der Waals surface area contributed by atoms with Crippen molar-refractivity contribution in [2.45, 2.75) is 23.1 Å². The van der Waals surface area contributed by atoms with E-state index in [2.05, 4.69) is 25.0 Å². The summed E-state index contributed by atoms with van der Waals surface area (Å²) in [5.74, 6) is -0.766. The largest absolute Gasteiger partial charge is 0.468 e. The lowest BCUT2D eigenvalue weighted by atomic mass is 10.1. The third kappa shape index (κ3) is 5.84. The number of aryl methyl sites for hydroxylation is 1. The molecule has 0 saturated carbocycles. The third-order valence-electron chi connectivity index (χ3n) is 4.32. The summed E-state index contributed by atoms with van der Waals surface area (Å²) in [4.78, 5) is 24.1. The van der Waals surface area contributed by atoms with E-state index in [9.17, 15) is 18.0 Å². The number of thioether (sulfide) groups is 1. The maximum absolute atomic E-state index is 12.8. The van der Waals surface area contributed by atoms with E-state index < -0.39 is 21.9 Å². The van der Waals surface area contributed by atoms with Gasteiger partial charge in [0.05, 0.1) is 23.4 Å². The van der Waals surface area contributed by atoms with Gasteiger partial charge in [-0.2, -0.15) is 0 Å². The fraction of sp³-hybridized carbons (Fsp3) is 0.200. The number of carbonyl (C=O) groups is 2. The first-order valence-corrected chi connectivity index (χ1v) is 12.5. The van der Waals surface area contributed by atoms with Crippen molar-refractivity contribution in [3.05, 3.63) is 59.2 Å². The molecular weight excluding hydrogens is 472 g/mol. The van der Waals surface area contributed by atoms with Crippen LogP contribution in [0.2, 0.25) is 0 Å². The third-order valence-corrected chi connectivity index (χ3v) is 7.65. The van der Waals surface area contributed by atoms with Crippen molar-refractivity contribution in [2.24, 2.45) is 0 Å². The van der Waals surface area contributed by atoms with Crippen LogP contribution in [-0.4, -0.2) is 43.4 Å². The molecule has 168 valence electrons. The quantitative estimate of drug-likeness (QED) is 0.278. The number of sulfonamides is 1. The Morgan fingerprint density at radius 1 is 1.09 bits per heavy atom. The minimum absolute atomic E-state index is 0.0847. The molecular formula is C20H20N4O5S3. The molecule has 0 unspecified atom stereocenters. The summed E-state index contributed by atoms with van der Waals surface area (Å²) in [6.07, 6.45) is 0. The van der Waals surface area contributed by atoms with Crippen molar-refractivity contribution >= 4 is 55.8 Å². The van der Waals surface area contributed by atoms with Gasteiger partial charge in [0, 0.05) is 5.56 Å². The second-order valence-electron chi connectivity index (χ2n) is 6.59. The van der Waals surface area contributed by atoms with Crippen LogP contribution in [0.1, 0.15) is 21.5 Å². The lowest BCUT2D eigenvalue weighted by Gasteiger charge is -2.13. The highest BCUT2D eigenvalue weighted by atomic mass is 32.2. The first-order chi connectivity index (χ1) is 15.2. The normalized spacial score (nSPS) is 11.1. The van der Waals surface area contributed by atoms with Gasteiger partial charge in [-0.15, -0.1) is 10.2 Å². The number of nitrogens with zero attached hydrogens (tertiary/aromatic N) is 2. The highest BCUT2D eigenvalue weighted by molar-refractivity contribution is 8.01. The molecule has 0 bridgehead atoms. The van der Waals surface area contributed by atoms with E-state index in [4.69, 9.17) is 0 Å². The lowest BCUT2D eigenvalue weighted by Crippen LogP contribution is -2.17. The lowest BCUT2D eigenvalue weighted by molar-refractivity contribution is -0.137. The van der Waals surface area contributed by atoms with Gasteiger partial charge in [0.15, 0.2) is 4.34 Å². The van der Waals surface area contributed by atoms with E-state index >= 15 is 0 Å². The molecule has 3 rings (SSSR count). The van der Waals surface area contributed by atoms with E-state index in [-0.39, 0.29) is 21.3 Å². The molecule has 1 heterocycles. The number of methoxy groups -OCH3 is 1. The fourth-order valence-corrected chi connectivity index (χ4v) is 5.28. The monoisotopic (exact) mass is 492 g/mol. The first kappa shape index (κ1) is 23.7. The molecule has 0 aliphatic rings. The molecule has 2 N–H and O–H groups in total. The summed E-state index contributed by atoms with van der Waals surface area (Å²) in [6, 6.07) is 11.2. The fourth-order valence-electron chi connectivity index (χ4n) is 2.58. The zero-order valence-corrected chi connectivity index (χ0v) is 19.9. The Bertz CT molecular complexity index is 1240. The van der Waals surface area contributed by atoms with Gasteiger partial charge in [0.2, 0.25) is 5.13 Å². The van der Waals surface area contributed by atoms with Gasteiger partial charge in [-0.05, 0) is 43.7 Å². The summed E-state index contributed by atoms with van der Waals surface area (Å²) >= 11 is 2.27. The van der Waals surface area contributed by atoms with Crippen molar-refractivity contribution in [3.63, 3.8) is 0 Å². The molecule has 2 aromatic carbocycles. The van der Waals surface area contributed by atoms with Gasteiger partial charge in [-0.1, -0.05) is 46.9 Å². The van der Waals surface area contributed by atoms with Crippen molar-refractivity contribution in [3.8, 4) is 0 Å². The molecule has 0 atom stereocenters. The number of hydrogen-bond donors (Lipinski definition) is 2. The second kappa shape index (κ2) is 10.1. The van der Waals surface area contributed by atoms with E-state index in [1.165, 1.54) is 19.2 Å². The van der Waals surface area contributed by atoms with Crippen LogP contribution in [0, 0.1) is 13.8 Å². The number of hydrogen-bond acceptors (Lipinski definition) is 9. The van der Waals surface area contributed by atoms with Gasteiger partial charge in [-0.25, -0.2) is 8.42 Å². The molecule has 32 heavy (non-hydrogen) atoms. The highest BCUT2D eigenvalue weighted by Crippen LogP contribution is 2.27. The zero-order chi connectivity index (χ0) is 23.3. The van der Waals surface area contributed by atoms with Gasteiger partial charge in [0.1, 0.15) is 0 Å². The van der Waals surface area contributed by atoms with Gasteiger partial charge in [-0.3, -0.25) is 19.6 Å². The van der Waals surface area contributed by atoms with Crippen molar-refractivity contribution in [1.29, 1.82) is 0 Å². The number of aromatic nitrogens is 2. The Morgan fingerprint density at radius 3 is 2.50 bits per heavy atom. The number of amides is 1. The van der Waals surface area contributed by atoms with Crippen LogP contribution < -0.4 is 10.0 Å². The van der Waals surface area contributed by atoms with E-state index in [0.29, 0.717) is 15.6 Å².